The van der Waals surface area contributed by atoms with Crippen molar-refractivity contribution in [3.63, 3.8) is 0 Å². The molecule has 0 aliphatic rings. The Morgan fingerprint density at radius 1 is 0.245 bits per heavy atom. The molecule has 1 aromatic heterocycles. The van der Waals surface area contributed by atoms with Crippen LogP contribution in [0.25, 0.3) is 108 Å². The highest BCUT2D eigenvalue weighted by molar-refractivity contribution is 7.25. The molecule has 0 spiro atoms. The van der Waals surface area contributed by atoms with Crippen LogP contribution in [0.3, 0.4) is 0 Å². The van der Waals surface area contributed by atoms with E-state index in [9.17, 15) is 0 Å². The van der Waals surface area contributed by atoms with Crippen LogP contribution in [0.1, 0.15) is 0 Å². The van der Waals surface area contributed by atoms with Gasteiger partial charge in [0, 0.05) is 20.2 Å². The minimum atomic E-state index is 1.22. The van der Waals surface area contributed by atoms with E-state index in [0.29, 0.717) is 0 Å². The number of rotatable bonds is 4. The second kappa shape index (κ2) is 12.0. The molecule has 0 nitrogen and oxygen atoms in total. The topological polar surface area (TPSA) is 0 Å². The van der Waals surface area contributed by atoms with Gasteiger partial charge in [-0.15, -0.1) is 11.3 Å². The summed E-state index contributed by atoms with van der Waals surface area (Å²) in [6, 6.07) is 71.9. The number of hydrogen-bond donors (Lipinski definition) is 0. The molecule has 53 heavy (non-hydrogen) atoms. The van der Waals surface area contributed by atoms with Crippen molar-refractivity contribution in [2.24, 2.45) is 0 Å². The van der Waals surface area contributed by atoms with E-state index in [1.54, 1.807) is 0 Å². The molecule has 11 aromatic rings. The van der Waals surface area contributed by atoms with Gasteiger partial charge in [0.25, 0.3) is 0 Å². The molecular weight excluding hydrogens is 657 g/mol. The van der Waals surface area contributed by atoms with Crippen molar-refractivity contribution in [3.05, 3.63) is 194 Å². The van der Waals surface area contributed by atoms with Crippen molar-refractivity contribution >= 4 is 74.6 Å². The Morgan fingerprint density at radius 2 is 0.755 bits per heavy atom. The van der Waals surface area contributed by atoms with Crippen molar-refractivity contribution in [1.29, 1.82) is 0 Å². The first kappa shape index (κ1) is 30.1. The summed E-state index contributed by atoms with van der Waals surface area (Å²) >= 11 is 1.87. The Hall–Kier alpha value is -6.54. The number of fused-ring (bicyclic) bond motifs is 7. The molecule has 0 N–H and O–H groups in total. The van der Waals surface area contributed by atoms with Crippen LogP contribution >= 0.6 is 11.3 Å². The molecule has 1 heteroatoms. The number of hydrogen-bond acceptors (Lipinski definition) is 1. The predicted molar refractivity (Wildman–Crippen MR) is 231 cm³/mol. The monoisotopic (exact) mass is 688 g/mol. The summed E-state index contributed by atoms with van der Waals surface area (Å²) in [6.07, 6.45) is 0. The van der Waals surface area contributed by atoms with Gasteiger partial charge in [-0.05, 0) is 118 Å². The Morgan fingerprint density at radius 3 is 1.53 bits per heavy atom. The predicted octanol–water partition coefficient (Wildman–Crippen LogP) is 15.3. The highest BCUT2D eigenvalue weighted by atomic mass is 32.1. The van der Waals surface area contributed by atoms with Gasteiger partial charge >= 0.3 is 0 Å². The van der Waals surface area contributed by atoms with E-state index < -0.39 is 0 Å². The Kier molecular flexibility index (Phi) is 6.83. The molecule has 0 fully saturated rings. The minimum absolute atomic E-state index is 1.22. The fourth-order valence-electron chi connectivity index (χ4n) is 8.63. The van der Waals surface area contributed by atoms with E-state index in [-0.39, 0.29) is 0 Å². The molecule has 0 amide bonds. The summed E-state index contributed by atoms with van der Waals surface area (Å²) < 4.78 is 2.66. The first-order valence-electron chi connectivity index (χ1n) is 18.3. The largest absolute Gasteiger partial charge is 0.135 e. The van der Waals surface area contributed by atoms with E-state index in [0.717, 1.165) is 0 Å². The van der Waals surface area contributed by atoms with Crippen LogP contribution in [0, 0.1) is 0 Å². The summed E-state index contributed by atoms with van der Waals surface area (Å²) in [6.45, 7) is 0. The van der Waals surface area contributed by atoms with Crippen LogP contribution in [-0.4, -0.2) is 0 Å². The second-order valence-electron chi connectivity index (χ2n) is 14.0. The Labute approximate surface area is 311 Å². The van der Waals surface area contributed by atoms with Crippen molar-refractivity contribution in [3.8, 4) is 44.5 Å². The third-order valence-corrected chi connectivity index (χ3v) is 12.2. The van der Waals surface area contributed by atoms with Crippen LogP contribution in [0.4, 0.5) is 0 Å². The molecule has 0 radical (unpaired) electrons. The van der Waals surface area contributed by atoms with E-state index in [1.807, 2.05) is 11.3 Å². The molecule has 10 aromatic carbocycles. The third-order valence-electron chi connectivity index (χ3n) is 11.0. The van der Waals surface area contributed by atoms with Crippen molar-refractivity contribution < 1.29 is 0 Å². The molecule has 0 aliphatic heterocycles. The zero-order valence-corrected chi connectivity index (χ0v) is 29.7. The number of benzene rings is 10. The SMILES string of the molecule is c1cc(-c2cccc3ccccc23)cc(-c2c3ccccc3c(-c3cccc4ccccc34)c3ccc(-c4ccc5sc6ccccc6c5c4)cc23)c1. The molecule has 0 atom stereocenters. The standard InChI is InChI=1S/C52H32S/c1-3-18-39-33(12-1)14-10-23-41(39)37-16-9-17-38(30-37)51-44-21-5-6-22-45(44)52(43-24-11-15-34-13-2-4-19-40(34)43)46-28-26-35(32-48(46)51)36-27-29-50-47(31-36)42-20-7-8-25-49(42)53-50/h1-32H. The van der Waals surface area contributed by atoms with Crippen LogP contribution in [-0.2, 0) is 0 Å². The highest BCUT2D eigenvalue weighted by Gasteiger charge is 2.20. The van der Waals surface area contributed by atoms with Crippen molar-refractivity contribution in [1.82, 2.24) is 0 Å². The first-order valence-corrected chi connectivity index (χ1v) is 19.1. The lowest BCUT2D eigenvalue weighted by Crippen LogP contribution is -1.93. The normalized spacial score (nSPS) is 11.8. The van der Waals surface area contributed by atoms with Gasteiger partial charge in [0.1, 0.15) is 0 Å². The van der Waals surface area contributed by atoms with Crippen LogP contribution in [0.2, 0.25) is 0 Å². The molecule has 0 bridgehead atoms. The van der Waals surface area contributed by atoms with Crippen molar-refractivity contribution in [2.45, 2.75) is 0 Å². The maximum Gasteiger partial charge on any atom is 0.0355 e. The van der Waals surface area contributed by atoms with Gasteiger partial charge in [0.15, 0.2) is 0 Å². The third kappa shape index (κ3) is 4.82. The second-order valence-corrected chi connectivity index (χ2v) is 15.1. The molecule has 1 heterocycles. The van der Waals surface area contributed by atoms with Crippen LogP contribution < -0.4 is 0 Å². The van der Waals surface area contributed by atoms with Gasteiger partial charge < -0.3 is 0 Å². The summed E-state index contributed by atoms with van der Waals surface area (Å²) in [4.78, 5) is 0. The molecule has 246 valence electrons. The van der Waals surface area contributed by atoms with Gasteiger partial charge in [-0.3, -0.25) is 0 Å². The van der Waals surface area contributed by atoms with E-state index in [2.05, 4.69) is 194 Å². The van der Waals surface area contributed by atoms with Crippen molar-refractivity contribution in [2.75, 3.05) is 0 Å². The molecule has 0 saturated heterocycles. The van der Waals surface area contributed by atoms with Gasteiger partial charge in [0.2, 0.25) is 0 Å². The Bertz CT molecular complexity index is 3220. The van der Waals surface area contributed by atoms with Gasteiger partial charge in [-0.2, -0.15) is 0 Å². The lowest BCUT2D eigenvalue weighted by Gasteiger charge is -2.20. The van der Waals surface area contributed by atoms with E-state index >= 15 is 0 Å². The van der Waals surface area contributed by atoms with Gasteiger partial charge in [0.05, 0.1) is 0 Å². The average molecular weight is 689 g/mol. The molecule has 11 rings (SSSR count). The molecular formula is C52H32S. The van der Waals surface area contributed by atoms with E-state index in [4.69, 9.17) is 0 Å². The smallest absolute Gasteiger partial charge is 0.0355 e. The first-order chi connectivity index (χ1) is 26.3. The summed E-state index contributed by atoms with van der Waals surface area (Å²) in [5, 5.41) is 12.7. The number of thiophene rings is 1. The minimum Gasteiger partial charge on any atom is -0.135 e. The average Bonchev–Trinajstić information content (AvgIpc) is 3.60. The molecule has 0 unspecified atom stereocenters. The van der Waals surface area contributed by atoms with Crippen LogP contribution in [0.5, 0.6) is 0 Å². The zero-order chi connectivity index (χ0) is 34.9. The fraction of sp³-hybridized carbons (Fsp3) is 0. The maximum atomic E-state index is 2.45. The summed E-state index contributed by atoms with van der Waals surface area (Å²) in [7, 11) is 0. The van der Waals surface area contributed by atoms with E-state index in [1.165, 1.54) is 108 Å². The quantitative estimate of drug-likeness (QED) is 0.162. The van der Waals surface area contributed by atoms with Gasteiger partial charge in [-0.25, -0.2) is 0 Å². The zero-order valence-electron chi connectivity index (χ0n) is 28.9. The Balaban J connectivity index is 1.23. The molecule has 0 aliphatic carbocycles. The fourth-order valence-corrected chi connectivity index (χ4v) is 9.71. The molecule has 0 saturated carbocycles. The lowest BCUT2D eigenvalue weighted by molar-refractivity contribution is 1.63. The summed E-state index contributed by atoms with van der Waals surface area (Å²) in [5.74, 6) is 0. The van der Waals surface area contributed by atoms with Gasteiger partial charge in [-0.1, -0.05) is 164 Å². The van der Waals surface area contributed by atoms with Crippen LogP contribution in [0.15, 0.2) is 194 Å². The maximum absolute atomic E-state index is 2.45. The summed E-state index contributed by atoms with van der Waals surface area (Å²) in [5.41, 5.74) is 9.97. The lowest BCUT2D eigenvalue weighted by atomic mass is 9.83. The highest BCUT2D eigenvalue weighted by Crippen LogP contribution is 2.47.